The molecule has 0 unspecified atom stereocenters. The topological polar surface area (TPSA) is 20.2 Å². The number of hydrogen-bond acceptors (Lipinski definition) is 2. The van der Waals surface area contributed by atoms with Crippen LogP contribution in [0.1, 0.15) is 19.4 Å². The zero-order valence-corrected chi connectivity index (χ0v) is 9.54. The molecule has 1 aromatic rings. The Labute approximate surface area is 88.1 Å². The summed E-state index contributed by atoms with van der Waals surface area (Å²) in [7, 11) is 0. The molecule has 0 spiro atoms. The van der Waals surface area contributed by atoms with Crippen LogP contribution in [0.5, 0.6) is 0 Å². The van der Waals surface area contributed by atoms with E-state index in [0.717, 1.165) is 10.5 Å². The molecule has 0 saturated heterocycles. The van der Waals surface area contributed by atoms with Crippen molar-refractivity contribution in [3.8, 4) is 0 Å². The first-order valence-corrected chi connectivity index (χ1v) is 5.62. The highest BCUT2D eigenvalue weighted by molar-refractivity contribution is 7.98. The fourth-order valence-electron chi connectivity index (χ4n) is 1.05. The molecule has 0 aromatic heterocycles. The zero-order chi connectivity index (χ0) is 10.1. The van der Waals surface area contributed by atoms with Gasteiger partial charge in [-0.1, -0.05) is 17.7 Å². The van der Waals surface area contributed by atoms with Crippen LogP contribution in [0.4, 0.5) is 0 Å². The van der Waals surface area contributed by atoms with Gasteiger partial charge in [-0.15, -0.1) is 11.8 Å². The van der Waals surface area contributed by atoms with Crippen LogP contribution < -0.4 is 0 Å². The molecular weight excluding hydrogens is 204 g/mol. The van der Waals surface area contributed by atoms with Gasteiger partial charge in [0.1, 0.15) is 0 Å². The van der Waals surface area contributed by atoms with E-state index in [1.165, 1.54) is 0 Å². The number of thioether (sulfide) groups is 1. The molecule has 72 valence electrons. The van der Waals surface area contributed by atoms with E-state index in [9.17, 15) is 5.11 Å². The standard InChI is InChI=1S/C10H13ClOS/c1-10(2,12)7-4-5-9(13-3)8(11)6-7/h4-6,12H,1-3H3. The minimum Gasteiger partial charge on any atom is -0.386 e. The molecule has 1 aromatic carbocycles. The summed E-state index contributed by atoms with van der Waals surface area (Å²) in [5.41, 5.74) is 0.0240. The molecule has 0 saturated carbocycles. The summed E-state index contributed by atoms with van der Waals surface area (Å²) in [5.74, 6) is 0. The Kier molecular flexibility index (Phi) is 3.28. The first-order valence-electron chi connectivity index (χ1n) is 4.01. The van der Waals surface area contributed by atoms with Gasteiger partial charge in [0.15, 0.2) is 0 Å². The maximum atomic E-state index is 9.71. The molecule has 0 atom stereocenters. The van der Waals surface area contributed by atoms with Crippen molar-refractivity contribution in [2.45, 2.75) is 24.3 Å². The van der Waals surface area contributed by atoms with Gasteiger partial charge in [-0.3, -0.25) is 0 Å². The van der Waals surface area contributed by atoms with Crippen molar-refractivity contribution in [3.05, 3.63) is 28.8 Å². The molecule has 0 amide bonds. The van der Waals surface area contributed by atoms with Crippen molar-refractivity contribution < 1.29 is 5.11 Å². The van der Waals surface area contributed by atoms with Crippen molar-refractivity contribution >= 4 is 23.4 Å². The van der Waals surface area contributed by atoms with Gasteiger partial charge in [-0.2, -0.15) is 0 Å². The highest BCUT2D eigenvalue weighted by Crippen LogP contribution is 2.29. The maximum absolute atomic E-state index is 9.71. The van der Waals surface area contributed by atoms with Crippen LogP contribution in [-0.2, 0) is 5.60 Å². The van der Waals surface area contributed by atoms with Gasteiger partial charge in [-0.05, 0) is 37.8 Å². The van der Waals surface area contributed by atoms with E-state index in [4.69, 9.17) is 11.6 Å². The molecular formula is C10H13ClOS. The van der Waals surface area contributed by atoms with E-state index in [0.29, 0.717) is 5.02 Å². The van der Waals surface area contributed by atoms with Crippen LogP contribution >= 0.6 is 23.4 Å². The fraction of sp³-hybridized carbons (Fsp3) is 0.400. The number of rotatable bonds is 2. The highest BCUT2D eigenvalue weighted by atomic mass is 35.5. The number of halogens is 1. The Bertz CT molecular complexity index is 304. The van der Waals surface area contributed by atoms with Crippen LogP contribution in [0.3, 0.4) is 0 Å². The lowest BCUT2D eigenvalue weighted by molar-refractivity contribution is 0.0785. The Hall–Kier alpha value is -0.180. The smallest absolute Gasteiger partial charge is 0.0841 e. The molecule has 0 fully saturated rings. The summed E-state index contributed by atoms with van der Waals surface area (Å²) in [6, 6.07) is 5.64. The van der Waals surface area contributed by atoms with Crippen LogP contribution in [0, 0.1) is 0 Å². The predicted molar refractivity (Wildman–Crippen MR) is 58.5 cm³/mol. The molecule has 0 radical (unpaired) electrons. The average molecular weight is 217 g/mol. The summed E-state index contributed by atoms with van der Waals surface area (Å²) < 4.78 is 0. The van der Waals surface area contributed by atoms with Gasteiger partial charge in [0.2, 0.25) is 0 Å². The Morgan fingerprint density at radius 1 is 1.38 bits per heavy atom. The van der Waals surface area contributed by atoms with E-state index in [-0.39, 0.29) is 0 Å². The number of hydrogen-bond donors (Lipinski definition) is 1. The van der Waals surface area contributed by atoms with E-state index in [1.54, 1.807) is 25.6 Å². The van der Waals surface area contributed by atoms with Crippen LogP contribution in [0.25, 0.3) is 0 Å². The number of aliphatic hydroxyl groups is 1. The molecule has 1 N–H and O–H groups in total. The molecule has 0 bridgehead atoms. The Balaban J connectivity index is 3.10. The lowest BCUT2D eigenvalue weighted by atomic mass is 9.99. The maximum Gasteiger partial charge on any atom is 0.0841 e. The van der Waals surface area contributed by atoms with Gasteiger partial charge in [0, 0.05) is 4.90 Å². The van der Waals surface area contributed by atoms with Gasteiger partial charge in [0.05, 0.1) is 10.6 Å². The predicted octanol–water partition coefficient (Wildman–Crippen LogP) is 3.29. The van der Waals surface area contributed by atoms with Crippen molar-refractivity contribution in [3.63, 3.8) is 0 Å². The second-order valence-electron chi connectivity index (χ2n) is 3.41. The first kappa shape index (κ1) is 10.9. The quantitative estimate of drug-likeness (QED) is 0.766. The van der Waals surface area contributed by atoms with Crippen molar-refractivity contribution in [1.82, 2.24) is 0 Å². The SMILES string of the molecule is CSc1ccc(C(C)(C)O)cc1Cl. The molecule has 3 heteroatoms. The molecule has 1 rings (SSSR count). The molecule has 0 aliphatic rings. The lowest BCUT2D eigenvalue weighted by Gasteiger charge is -2.18. The lowest BCUT2D eigenvalue weighted by Crippen LogP contribution is -2.15. The normalized spacial score (nSPS) is 11.8. The van der Waals surface area contributed by atoms with E-state index >= 15 is 0 Å². The van der Waals surface area contributed by atoms with E-state index in [2.05, 4.69) is 0 Å². The summed E-state index contributed by atoms with van der Waals surface area (Å²) >= 11 is 7.60. The molecule has 1 nitrogen and oxygen atoms in total. The highest BCUT2D eigenvalue weighted by Gasteiger charge is 2.16. The average Bonchev–Trinajstić information content (AvgIpc) is 2.02. The summed E-state index contributed by atoms with van der Waals surface area (Å²) in [6.45, 7) is 3.49. The molecule has 0 aliphatic heterocycles. The van der Waals surface area contributed by atoms with E-state index < -0.39 is 5.60 Å². The summed E-state index contributed by atoms with van der Waals surface area (Å²) in [6.07, 6.45) is 1.98. The second kappa shape index (κ2) is 3.91. The monoisotopic (exact) mass is 216 g/mol. The third-order valence-corrected chi connectivity index (χ3v) is 3.08. The molecule has 0 aliphatic carbocycles. The Morgan fingerprint density at radius 2 is 2.00 bits per heavy atom. The third-order valence-electron chi connectivity index (χ3n) is 1.86. The van der Waals surface area contributed by atoms with Gasteiger partial charge in [0.25, 0.3) is 0 Å². The second-order valence-corrected chi connectivity index (χ2v) is 4.66. The largest absolute Gasteiger partial charge is 0.386 e. The van der Waals surface area contributed by atoms with Gasteiger partial charge >= 0.3 is 0 Å². The molecule has 13 heavy (non-hydrogen) atoms. The van der Waals surface area contributed by atoms with Crippen LogP contribution in [-0.4, -0.2) is 11.4 Å². The zero-order valence-electron chi connectivity index (χ0n) is 7.97. The van der Waals surface area contributed by atoms with Gasteiger partial charge < -0.3 is 5.11 Å². The number of benzene rings is 1. The van der Waals surface area contributed by atoms with Crippen molar-refractivity contribution in [1.29, 1.82) is 0 Å². The van der Waals surface area contributed by atoms with Gasteiger partial charge in [-0.25, -0.2) is 0 Å². The van der Waals surface area contributed by atoms with Crippen molar-refractivity contribution in [2.75, 3.05) is 6.26 Å². The summed E-state index contributed by atoms with van der Waals surface area (Å²) in [5, 5.41) is 10.4. The molecule has 0 heterocycles. The fourth-order valence-corrected chi connectivity index (χ4v) is 1.92. The first-order chi connectivity index (χ1) is 5.95. The minimum atomic E-state index is -0.819. The minimum absolute atomic E-state index is 0.701. The third kappa shape index (κ3) is 2.63. The van der Waals surface area contributed by atoms with Crippen LogP contribution in [0.2, 0.25) is 5.02 Å². The van der Waals surface area contributed by atoms with E-state index in [1.807, 2.05) is 24.5 Å². The summed E-state index contributed by atoms with van der Waals surface area (Å²) in [4.78, 5) is 1.04. The van der Waals surface area contributed by atoms with Crippen molar-refractivity contribution in [2.24, 2.45) is 0 Å². The van der Waals surface area contributed by atoms with Crippen LogP contribution in [0.15, 0.2) is 23.1 Å². The Morgan fingerprint density at radius 3 is 2.38 bits per heavy atom.